The number of nitrogens with zero attached hydrogens (tertiary/aromatic N) is 1. The average molecular weight is 375 g/mol. The van der Waals surface area contributed by atoms with E-state index in [0.717, 1.165) is 18.4 Å². The molecule has 1 saturated heterocycles. The van der Waals surface area contributed by atoms with Crippen LogP contribution in [-0.4, -0.2) is 41.8 Å². The zero-order chi connectivity index (χ0) is 20.2. The minimum Gasteiger partial charge on any atom is -0.466 e. The molecule has 6 heteroatoms. The maximum atomic E-state index is 11.6. The van der Waals surface area contributed by atoms with Gasteiger partial charge in [0.1, 0.15) is 11.5 Å². The monoisotopic (exact) mass is 375 g/mol. The summed E-state index contributed by atoms with van der Waals surface area (Å²) in [5.41, 5.74) is 0.989. The van der Waals surface area contributed by atoms with Crippen molar-refractivity contribution in [2.24, 2.45) is 5.41 Å². The topological polar surface area (TPSA) is 76.1 Å². The fraction of sp³-hybridized carbons (Fsp3) is 0.524. The van der Waals surface area contributed by atoms with Crippen molar-refractivity contribution in [2.45, 2.75) is 52.5 Å². The van der Waals surface area contributed by atoms with E-state index >= 15 is 0 Å². The lowest BCUT2D eigenvalue weighted by molar-refractivity contribution is -0.135. The van der Waals surface area contributed by atoms with Gasteiger partial charge in [-0.1, -0.05) is 32.9 Å². The number of carbonyl (C=O) groups is 2. The molecule has 2 atom stereocenters. The van der Waals surface area contributed by atoms with Crippen LogP contribution >= 0.6 is 0 Å². The lowest BCUT2D eigenvalue weighted by atomic mass is 9.75. The minimum atomic E-state index is -0.853. The first-order valence-corrected chi connectivity index (χ1v) is 9.15. The van der Waals surface area contributed by atoms with Crippen LogP contribution in [0.3, 0.4) is 0 Å². The van der Waals surface area contributed by atoms with E-state index in [1.807, 2.05) is 24.3 Å². The molecule has 0 aromatic heterocycles. The Balaban J connectivity index is 2.18. The van der Waals surface area contributed by atoms with Gasteiger partial charge in [-0.2, -0.15) is 0 Å². The van der Waals surface area contributed by atoms with Crippen LogP contribution in [0.4, 0.5) is 4.79 Å². The van der Waals surface area contributed by atoms with Gasteiger partial charge in [-0.15, -0.1) is 0 Å². The first-order chi connectivity index (χ1) is 12.6. The minimum absolute atomic E-state index is 0.0423. The number of carbonyl (C=O) groups excluding carboxylic acids is 1. The molecule has 1 heterocycles. The van der Waals surface area contributed by atoms with Gasteiger partial charge >= 0.3 is 12.1 Å². The molecule has 6 nitrogen and oxygen atoms in total. The lowest BCUT2D eigenvalue weighted by Crippen LogP contribution is -2.51. The molecular formula is C21H29NO5. The summed E-state index contributed by atoms with van der Waals surface area (Å²) in [6, 6.07) is 7.74. The standard InChI is InChI=1S/C21H29NO5/c1-14(11-19(23)26-5)27-17-8-6-7-15(12-17)16-9-10-22(20(24)25)18(13-16)21(2,3)4/h6-8,11-12,16,18H,9-10,13H2,1-5H3,(H,24,25)/b14-11+. The second-order valence-corrected chi connectivity index (χ2v) is 8.03. The fourth-order valence-corrected chi connectivity index (χ4v) is 3.59. The summed E-state index contributed by atoms with van der Waals surface area (Å²) < 4.78 is 10.3. The van der Waals surface area contributed by atoms with Crippen LogP contribution in [0.25, 0.3) is 0 Å². The molecule has 2 unspecified atom stereocenters. The SMILES string of the molecule is COC(=O)/C=C(\C)Oc1cccc(C2CCN(C(=O)O)C(C(C)(C)C)C2)c1. The first kappa shape index (κ1) is 20.8. The van der Waals surface area contributed by atoms with Crippen molar-refractivity contribution in [2.75, 3.05) is 13.7 Å². The number of carboxylic acid groups (broad SMARTS) is 1. The normalized spacial score (nSPS) is 20.9. The average Bonchev–Trinajstić information content (AvgIpc) is 2.60. The molecule has 1 aromatic rings. The van der Waals surface area contributed by atoms with Gasteiger partial charge in [0, 0.05) is 12.6 Å². The van der Waals surface area contributed by atoms with Gasteiger partial charge in [-0.3, -0.25) is 0 Å². The molecule has 1 N–H and O–H groups in total. The zero-order valence-electron chi connectivity index (χ0n) is 16.7. The van der Waals surface area contributed by atoms with Crippen LogP contribution in [0, 0.1) is 5.41 Å². The van der Waals surface area contributed by atoms with Crippen LogP contribution < -0.4 is 4.74 Å². The van der Waals surface area contributed by atoms with Gasteiger partial charge < -0.3 is 19.5 Å². The Morgan fingerprint density at radius 1 is 1.30 bits per heavy atom. The van der Waals surface area contributed by atoms with Gasteiger partial charge in [-0.05, 0) is 48.8 Å². The predicted octanol–water partition coefficient (Wildman–Crippen LogP) is 4.41. The van der Waals surface area contributed by atoms with Gasteiger partial charge in [-0.25, -0.2) is 9.59 Å². The third kappa shape index (κ3) is 5.49. The highest BCUT2D eigenvalue weighted by molar-refractivity contribution is 5.82. The number of allylic oxidation sites excluding steroid dienone is 1. The molecule has 148 valence electrons. The molecule has 1 aromatic carbocycles. The number of hydrogen-bond acceptors (Lipinski definition) is 4. The molecule has 0 aliphatic carbocycles. The van der Waals surface area contributed by atoms with Crippen molar-refractivity contribution < 1.29 is 24.2 Å². The van der Waals surface area contributed by atoms with E-state index in [0.29, 0.717) is 18.1 Å². The summed E-state index contributed by atoms with van der Waals surface area (Å²) in [4.78, 5) is 24.5. The molecule has 0 saturated carbocycles. The predicted molar refractivity (Wildman–Crippen MR) is 103 cm³/mol. The molecule has 1 aliphatic rings. The molecule has 27 heavy (non-hydrogen) atoms. The maximum absolute atomic E-state index is 11.6. The second-order valence-electron chi connectivity index (χ2n) is 8.03. The Bertz CT molecular complexity index is 720. The first-order valence-electron chi connectivity index (χ1n) is 9.15. The summed E-state index contributed by atoms with van der Waals surface area (Å²) in [6.45, 7) is 8.46. The Hall–Kier alpha value is -2.50. The Labute approximate surface area is 160 Å². The van der Waals surface area contributed by atoms with Crippen LogP contribution in [-0.2, 0) is 9.53 Å². The van der Waals surface area contributed by atoms with Crippen molar-refractivity contribution in [3.05, 3.63) is 41.7 Å². The van der Waals surface area contributed by atoms with E-state index < -0.39 is 12.1 Å². The lowest BCUT2D eigenvalue weighted by Gasteiger charge is -2.44. The molecule has 1 aliphatic heterocycles. The number of methoxy groups -OCH3 is 1. The molecule has 0 spiro atoms. The smallest absolute Gasteiger partial charge is 0.407 e. The van der Waals surface area contributed by atoms with Gasteiger partial charge in [0.15, 0.2) is 0 Å². The molecule has 0 bridgehead atoms. The van der Waals surface area contributed by atoms with Gasteiger partial charge in [0.05, 0.1) is 13.2 Å². The molecule has 1 fully saturated rings. The van der Waals surface area contributed by atoms with E-state index in [1.54, 1.807) is 11.8 Å². The van der Waals surface area contributed by atoms with Gasteiger partial charge in [0.2, 0.25) is 0 Å². The van der Waals surface area contributed by atoms with Crippen molar-refractivity contribution in [1.82, 2.24) is 4.90 Å². The summed E-state index contributed by atoms with van der Waals surface area (Å²) >= 11 is 0. The van der Waals surface area contributed by atoms with Crippen LogP contribution in [0.2, 0.25) is 0 Å². The highest BCUT2D eigenvalue weighted by Gasteiger charge is 2.39. The molecule has 0 radical (unpaired) electrons. The summed E-state index contributed by atoms with van der Waals surface area (Å²) in [5, 5.41) is 9.53. The van der Waals surface area contributed by atoms with E-state index in [1.165, 1.54) is 13.2 Å². The Morgan fingerprint density at radius 3 is 2.59 bits per heavy atom. The Kier molecular flexibility index (Phi) is 6.52. The second kappa shape index (κ2) is 8.46. The van der Waals surface area contributed by atoms with E-state index in [2.05, 4.69) is 25.5 Å². The number of hydrogen-bond donors (Lipinski definition) is 1. The third-order valence-corrected chi connectivity index (χ3v) is 4.98. The highest BCUT2D eigenvalue weighted by Crippen LogP contribution is 2.39. The summed E-state index contributed by atoms with van der Waals surface area (Å²) in [5.74, 6) is 0.904. The van der Waals surface area contributed by atoms with Crippen LogP contribution in [0.15, 0.2) is 36.1 Å². The largest absolute Gasteiger partial charge is 0.466 e. The number of piperidine rings is 1. The molecular weight excluding hydrogens is 346 g/mol. The number of ether oxygens (including phenoxy) is 2. The Morgan fingerprint density at radius 2 is 2.00 bits per heavy atom. The van der Waals surface area contributed by atoms with Crippen molar-refractivity contribution in [3.63, 3.8) is 0 Å². The van der Waals surface area contributed by atoms with E-state index in [4.69, 9.17) is 4.74 Å². The summed E-state index contributed by atoms with van der Waals surface area (Å²) in [6.07, 6.45) is 2.00. The highest BCUT2D eigenvalue weighted by atomic mass is 16.5. The van der Waals surface area contributed by atoms with E-state index in [-0.39, 0.29) is 17.4 Å². The number of benzene rings is 1. The van der Waals surface area contributed by atoms with Crippen molar-refractivity contribution in [3.8, 4) is 5.75 Å². The van der Waals surface area contributed by atoms with Crippen LogP contribution in [0.1, 0.15) is 52.0 Å². The number of rotatable bonds is 4. The molecule has 1 amide bonds. The van der Waals surface area contributed by atoms with E-state index in [9.17, 15) is 14.7 Å². The fourth-order valence-electron chi connectivity index (χ4n) is 3.59. The van der Waals surface area contributed by atoms with Crippen molar-refractivity contribution in [1.29, 1.82) is 0 Å². The van der Waals surface area contributed by atoms with Crippen LogP contribution in [0.5, 0.6) is 5.75 Å². The number of esters is 1. The zero-order valence-corrected chi connectivity index (χ0v) is 16.7. The quantitative estimate of drug-likeness (QED) is 0.479. The van der Waals surface area contributed by atoms with Crippen molar-refractivity contribution >= 4 is 12.1 Å². The maximum Gasteiger partial charge on any atom is 0.407 e. The number of amides is 1. The number of likely N-dealkylation sites (tertiary alicyclic amines) is 1. The molecule has 2 rings (SSSR count). The van der Waals surface area contributed by atoms with Gasteiger partial charge in [0.25, 0.3) is 0 Å². The summed E-state index contributed by atoms with van der Waals surface area (Å²) in [7, 11) is 1.32. The third-order valence-electron chi connectivity index (χ3n) is 4.98.